The van der Waals surface area contributed by atoms with Crippen LogP contribution in [0.15, 0.2) is 28.7 Å². The second-order valence-electron chi connectivity index (χ2n) is 3.93. The third-order valence-electron chi connectivity index (χ3n) is 2.62. The quantitative estimate of drug-likeness (QED) is 0.577. The third kappa shape index (κ3) is 3.24. The molecule has 0 aliphatic carbocycles. The number of halogens is 1. The van der Waals surface area contributed by atoms with Crippen molar-refractivity contribution < 1.29 is 9.53 Å². The highest BCUT2D eigenvalue weighted by atomic mass is 79.9. The standard InChI is InChI=1S/C13H13BrN4O2/c1-20-11(19)7-16-13-12(17-10(6-15)18-13)8-2-4-9(14)5-3-8/h2-6,15-16H,7H2,1H3,(H,17,18). The van der Waals surface area contributed by atoms with Crippen molar-refractivity contribution in [2.24, 2.45) is 0 Å². The summed E-state index contributed by atoms with van der Waals surface area (Å²) < 4.78 is 5.55. The van der Waals surface area contributed by atoms with Crippen molar-refractivity contribution in [3.8, 4) is 11.3 Å². The normalized spacial score (nSPS) is 10.1. The maximum absolute atomic E-state index is 11.2. The number of aromatic amines is 1. The Kier molecular flexibility index (Phi) is 4.52. The number of esters is 1. The number of rotatable bonds is 5. The molecule has 0 unspecified atom stereocenters. The first-order valence-corrected chi connectivity index (χ1v) is 6.60. The van der Waals surface area contributed by atoms with Crippen LogP contribution in [0.5, 0.6) is 0 Å². The van der Waals surface area contributed by atoms with Crippen molar-refractivity contribution in [3.63, 3.8) is 0 Å². The SMILES string of the molecule is COC(=O)CNc1nc(C=N)[nH]c1-c1ccc(Br)cc1. The second kappa shape index (κ2) is 6.33. The van der Waals surface area contributed by atoms with E-state index in [1.165, 1.54) is 7.11 Å². The number of benzene rings is 1. The molecule has 0 atom stereocenters. The Morgan fingerprint density at radius 2 is 2.20 bits per heavy atom. The summed E-state index contributed by atoms with van der Waals surface area (Å²) in [6.07, 6.45) is 1.12. The lowest BCUT2D eigenvalue weighted by Gasteiger charge is -2.05. The van der Waals surface area contributed by atoms with Gasteiger partial charge in [-0.05, 0) is 12.1 Å². The van der Waals surface area contributed by atoms with Gasteiger partial charge in [0.2, 0.25) is 0 Å². The summed E-state index contributed by atoms with van der Waals surface area (Å²) in [5.74, 6) is 0.540. The first-order chi connectivity index (χ1) is 9.63. The maximum atomic E-state index is 11.2. The average molecular weight is 337 g/mol. The molecule has 104 valence electrons. The van der Waals surface area contributed by atoms with Crippen LogP contribution < -0.4 is 5.32 Å². The van der Waals surface area contributed by atoms with E-state index >= 15 is 0 Å². The summed E-state index contributed by atoms with van der Waals surface area (Å²) >= 11 is 3.38. The fraction of sp³-hybridized carbons (Fsp3) is 0.154. The Morgan fingerprint density at radius 1 is 1.50 bits per heavy atom. The number of H-pyrrole nitrogens is 1. The number of hydrogen-bond acceptors (Lipinski definition) is 5. The summed E-state index contributed by atoms with van der Waals surface area (Å²) in [5.41, 5.74) is 1.63. The van der Waals surface area contributed by atoms with Crippen LogP contribution in [-0.4, -0.2) is 35.8 Å². The highest BCUT2D eigenvalue weighted by molar-refractivity contribution is 9.10. The van der Waals surface area contributed by atoms with Gasteiger partial charge in [-0.3, -0.25) is 4.79 Å². The number of methoxy groups -OCH3 is 1. The van der Waals surface area contributed by atoms with E-state index in [4.69, 9.17) is 5.41 Å². The molecule has 20 heavy (non-hydrogen) atoms. The van der Waals surface area contributed by atoms with E-state index in [0.29, 0.717) is 11.6 Å². The van der Waals surface area contributed by atoms with Crippen molar-refractivity contribution in [3.05, 3.63) is 34.6 Å². The number of anilines is 1. The Labute approximate surface area is 124 Å². The van der Waals surface area contributed by atoms with Gasteiger partial charge in [0, 0.05) is 10.0 Å². The van der Waals surface area contributed by atoms with Gasteiger partial charge < -0.3 is 20.4 Å². The molecule has 0 bridgehead atoms. The Balaban J connectivity index is 2.31. The zero-order valence-corrected chi connectivity index (χ0v) is 12.3. The lowest BCUT2D eigenvalue weighted by atomic mass is 10.1. The van der Waals surface area contributed by atoms with Crippen LogP contribution in [-0.2, 0) is 9.53 Å². The maximum Gasteiger partial charge on any atom is 0.325 e. The molecule has 0 fully saturated rings. The molecule has 0 aliphatic rings. The van der Waals surface area contributed by atoms with Gasteiger partial charge in [-0.2, -0.15) is 0 Å². The van der Waals surface area contributed by atoms with Gasteiger partial charge in [0.25, 0.3) is 0 Å². The number of hydrogen-bond donors (Lipinski definition) is 3. The number of ether oxygens (including phenoxy) is 1. The van der Waals surface area contributed by atoms with Gasteiger partial charge in [-0.1, -0.05) is 28.1 Å². The Bertz CT molecular complexity index is 622. The zero-order chi connectivity index (χ0) is 14.5. The van der Waals surface area contributed by atoms with E-state index in [2.05, 4.69) is 36.0 Å². The van der Waals surface area contributed by atoms with Gasteiger partial charge in [0.15, 0.2) is 11.6 Å². The van der Waals surface area contributed by atoms with E-state index in [9.17, 15) is 4.79 Å². The van der Waals surface area contributed by atoms with Gasteiger partial charge in [-0.25, -0.2) is 4.98 Å². The van der Waals surface area contributed by atoms with E-state index in [-0.39, 0.29) is 12.5 Å². The minimum atomic E-state index is -0.383. The van der Waals surface area contributed by atoms with Gasteiger partial charge >= 0.3 is 5.97 Å². The molecular weight excluding hydrogens is 324 g/mol. The van der Waals surface area contributed by atoms with E-state index < -0.39 is 0 Å². The molecular formula is C13H13BrN4O2. The molecule has 7 heteroatoms. The molecule has 2 rings (SSSR count). The number of nitrogens with one attached hydrogen (secondary N) is 3. The fourth-order valence-electron chi connectivity index (χ4n) is 1.64. The highest BCUT2D eigenvalue weighted by Gasteiger charge is 2.12. The minimum absolute atomic E-state index is 0.0162. The summed E-state index contributed by atoms with van der Waals surface area (Å²) in [5, 5.41) is 10.2. The van der Waals surface area contributed by atoms with Crippen molar-refractivity contribution in [2.75, 3.05) is 19.0 Å². The predicted octanol–water partition coefficient (Wildman–Crippen LogP) is 2.42. The number of carbonyl (C=O) groups excluding carboxylic acids is 1. The molecule has 0 aliphatic heterocycles. The molecule has 6 nitrogen and oxygen atoms in total. The van der Waals surface area contributed by atoms with Crippen molar-refractivity contribution in [1.82, 2.24) is 9.97 Å². The molecule has 0 spiro atoms. The summed E-state index contributed by atoms with van der Waals surface area (Å²) in [4.78, 5) is 18.4. The second-order valence-corrected chi connectivity index (χ2v) is 4.84. The van der Waals surface area contributed by atoms with Crippen LogP contribution in [0.4, 0.5) is 5.82 Å². The summed E-state index contributed by atoms with van der Waals surface area (Å²) in [6.45, 7) is 0.0162. The molecule has 0 radical (unpaired) electrons. The van der Waals surface area contributed by atoms with Crippen LogP contribution in [0, 0.1) is 5.41 Å². The van der Waals surface area contributed by atoms with Crippen molar-refractivity contribution in [1.29, 1.82) is 5.41 Å². The monoisotopic (exact) mass is 336 g/mol. The number of carbonyl (C=O) groups is 1. The van der Waals surface area contributed by atoms with Crippen molar-refractivity contribution >= 4 is 33.9 Å². The average Bonchev–Trinajstić information content (AvgIpc) is 2.89. The smallest absolute Gasteiger partial charge is 0.325 e. The number of aromatic nitrogens is 2. The predicted molar refractivity (Wildman–Crippen MR) is 80.1 cm³/mol. The lowest BCUT2D eigenvalue weighted by molar-refractivity contribution is -0.138. The Hall–Kier alpha value is -2.15. The molecule has 1 aromatic heterocycles. The minimum Gasteiger partial charge on any atom is -0.468 e. The fourth-order valence-corrected chi connectivity index (χ4v) is 1.91. The van der Waals surface area contributed by atoms with Crippen LogP contribution in [0.1, 0.15) is 5.82 Å². The third-order valence-corrected chi connectivity index (χ3v) is 3.15. The molecule has 0 saturated carbocycles. The summed E-state index contributed by atoms with van der Waals surface area (Å²) in [6, 6.07) is 7.64. The van der Waals surface area contributed by atoms with Crippen LogP contribution >= 0.6 is 15.9 Å². The van der Waals surface area contributed by atoms with Crippen molar-refractivity contribution in [2.45, 2.75) is 0 Å². The first kappa shape index (κ1) is 14.3. The molecule has 0 saturated heterocycles. The zero-order valence-electron chi connectivity index (χ0n) is 10.7. The number of imidazole rings is 1. The molecule has 1 heterocycles. The van der Waals surface area contributed by atoms with Crippen LogP contribution in [0.25, 0.3) is 11.3 Å². The van der Waals surface area contributed by atoms with Gasteiger partial charge in [0.05, 0.1) is 19.0 Å². The first-order valence-electron chi connectivity index (χ1n) is 5.81. The van der Waals surface area contributed by atoms with E-state index in [0.717, 1.165) is 21.9 Å². The summed E-state index contributed by atoms with van der Waals surface area (Å²) in [7, 11) is 1.33. The van der Waals surface area contributed by atoms with Crippen LogP contribution in [0.2, 0.25) is 0 Å². The van der Waals surface area contributed by atoms with Crippen LogP contribution in [0.3, 0.4) is 0 Å². The largest absolute Gasteiger partial charge is 0.468 e. The topological polar surface area (TPSA) is 90.9 Å². The van der Waals surface area contributed by atoms with Gasteiger partial charge in [0.1, 0.15) is 6.54 Å². The van der Waals surface area contributed by atoms with Gasteiger partial charge in [-0.15, -0.1) is 0 Å². The Morgan fingerprint density at radius 3 is 2.80 bits per heavy atom. The highest BCUT2D eigenvalue weighted by Crippen LogP contribution is 2.26. The van der Waals surface area contributed by atoms with E-state index in [1.807, 2.05) is 24.3 Å². The molecule has 1 aromatic carbocycles. The lowest BCUT2D eigenvalue weighted by Crippen LogP contribution is -2.15. The molecule has 2 aromatic rings. The molecule has 0 amide bonds. The van der Waals surface area contributed by atoms with E-state index in [1.54, 1.807) is 0 Å². The number of nitrogens with zero attached hydrogens (tertiary/aromatic N) is 1. The molecule has 3 N–H and O–H groups in total.